The molecule has 0 bridgehead atoms. The summed E-state index contributed by atoms with van der Waals surface area (Å²) in [7, 11) is 0. The lowest BCUT2D eigenvalue weighted by molar-refractivity contribution is 0.102. The molecule has 2 heterocycles. The van der Waals surface area contributed by atoms with Gasteiger partial charge in [0, 0.05) is 18.6 Å². The zero-order valence-corrected chi connectivity index (χ0v) is 7.79. The van der Waals surface area contributed by atoms with Gasteiger partial charge >= 0.3 is 0 Å². The van der Waals surface area contributed by atoms with Crippen LogP contribution in [0.15, 0.2) is 43.1 Å². The zero-order valence-electron chi connectivity index (χ0n) is 7.79. The van der Waals surface area contributed by atoms with E-state index >= 15 is 0 Å². The number of rotatable bonds is 2. The molecule has 0 aliphatic heterocycles. The van der Waals surface area contributed by atoms with Crippen LogP contribution in [0.2, 0.25) is 0 Å². The number of aromatic nitrogens is 3. The number of nitrogens with one attached hydrogen (secondary N) is 1. The number of amides is 1. The molecule has 2 rings (SSSR count). The molecule has 0 radical (unpaired) electrons. The van der Waals surface area contributed by atoms with Crippen LogP contribution in [0.1, 0.15) is 10.4 Å². The van der Waals surface area contributed by atoms with Crippen molar-refractivity contribution in [2.75, 3.05) is 5.32 Å². The van der Waals surface area contributed by atoms with Crippen molar-refractivity contribution >= 4 is 11.7 Å². The molecule has 1 N–H and O–H groups in total. The van der Waals surface area contributed by atoms with E-state index in [0.717, 1.165) is 0 Å². The van der Waals surface area contributed by atoms with Crippen LogP contribution in [0.25, 0.3) is 0 Å². The highest BCUT2D eigenvalue weighted by Gasteiger charge is 2.05. The van der Waals surface area contributed by atoms with Crippen molar-refractivity contribution in [2.45, 2.75) is 0 Å². The first-order valence-electron chi connectivity index (χ1n) is 4.33. The quantitative estimate of drug-likeness (QED) is 0.788. The SMILES string of the molecule is O=C(Nc1ccccn1)c1cncnc1. The Bertz CT molecular complexity index is 443. The lowest BCUT2D eigenvalue weighted by atomic mass is 10.3. The van der Waals surface area contributed by atoms with Crippen LogP contribution < -0.4 is 5.32 Å². The van der Waals surface area contributed by atoms with E-state index in [9.17, 15) is 4.79 Å². The fourth-order valence-corrected chi connectivity index (χ4v) is 1.04. The minimum absolute atomic E-state index is 0.269. The number of pyridine rings is 1. The van der Waals surface area contributed by atoms with Crippen molar-refractivity contribution < 1.29 is 4.79 Å². The molecular weight excluding hydrogens is 192 g/mol. The molecule has 5 heteroatoms. The molecule has 0 aromatic carbocycles. The van der Waals surface area contributed by atoms with Crippen LogP contribution in [0.5, 0.6) is 0 Å². The first-order chi connectivity index (χ1) is 7.36. The number of anilines is 1. The van der Waals surface area contributed by atoms with Crippen LogP contribution in [-0.4, -0.2) is 20.9 Å². The third kappa shape index (κ3) is 2.34. The Morgan fingerprint density at radius 2 is 2.00 bits per heavy atom. The van der Waals surface area contributed by atoms with Crippen molar-refractivity contribution in [3.63, 3.8) is 0 Å². The van der Waals surface area contributed by atoms with Crippen LogP contribution in [0, 0.1) is 0 Å². The topological polar surface area (TPSA) is 67.8 Å². The van der Waals surface area contributed by atoms with Crippen molar-refractivity contribution in [2.24, 2.45) is 0 Å². The summed E-state index contributed by atoms with van der Waals surface area (Å²) >= 11 is 0. The minimum atomic E-state index is -0.269. The summed E-state index contributed by atoms with van der Waals surface area (Å²) in [6, 6.07) is 5.28. The maximum atomic E-state index is 11.6. The Kier molecular flexibility index (Phi) is 2.64. The summed E-state index contributed by atoms with van der Waals surface area (Å²) in [4.78, 5) is 23.1. The van der Waals surface area contributed by atoms with Gasteiger partial charge in [0.1, 0.15) is 12.1 Å². The van der Waals surface area contributed by atoms with E-state index in [0.29, 0.717) is 11.4 Å². The lowest BCUT2D eigenvalue weighted by Crippen LogP contribution is -2.13. The van der Waals surface area contributed by atoms with E-state index in [1.54, 1.807) is 24.4 Å². The number of carbonyl (C=O) groups is 1. The molecule has 2 aromatic rings. The van der Waals surface area contributed by atoms with Gasteiger partial charge in [-0.1, -0.05) is 6.07 Å². The van der Waals surface area contributed by atoms with E-state index in [-0.39, 0.29) is 5.91 Å². The third-order valence-electron chi connectivity index (χ3n) is 1.73. The molecule has 1 amide bonds. The van der Waals surface area contributed by atoms with Crippen LogP contribution >= 0.6 is 0 Å². The van der Waals surface area contributed by atoms with Gasteiger partial charge < -0.3 is 5.32 Å². The third-order valence-corrected chi connectivity index (χ3v) is 1.73. The molecule has 0 saturated carbocycles. The fraction of sp³-hybridized carbons (Fsp3) is 0. The molecule has 15 heavy (non-hydrogen) atoms. The van der Waals surface area contributed by atoms with E-state index in [4.69, 9.17) is 0 Å². The molecule has 0 spiro atoms. The van der Waals surface area contributed by atoms with Gasteiger partial charge in [-0.05, 0) is 12.1 Å². The van der Waals surface area contributed by atoms with Crippen LogP contribution in [0.4, 0.5) is 5.82 Å². The average molecular weight is 200 g/mol. The Morgan fingerprint density at radius 1 is 1.20 bits per heavy atom. The highest BCUT2D eigenvalue weighted by Crippen LogP contribution is 2.03. The second-order valence-corrected chi connectivity index (χ2v) is 2.80. The van der Waals surface area contributed by atoms with Gasteiger partial charge in [0.15, 0.2) is 0 Å². The second kappa shape index (κ2) is 4.28. The number of nitrogens with zero attached hydrogens (tertiary/aromatic N) is 3. The zero-order chi connectivity index (χ0) is 10.5. The second-order valence-electron chi connectivity index (χ2n) is 2.80. The standard InChI is InChI=1S/C10H8N4O/c15-10(8-5-11-7-12-6-8)14-9-3-1-2-4-13-9/h1-7H,(H,13,14,15). The van der Waals surface area contributed by atoms with Gasteiger partial charge in [-0.15, -0.1) is 0 Å². The van der Waals surface area contributed by atoms with E-state index in [1.807, 2.05) is 0 Å². The Morgan fingerprint density at radius 3 is 2.67 bits per heavy atom. The first-order valence-corrected chi connectivity index (χ1v) is 4.33. The van der Waals surface area contributed by atoms with Gasteiger partial charge in [-0.2, -0.15) is 0 Å². The summed E-state index contributed by atoms with van der Waals surface area (Å²) in [5, 5.41) is 2.63. The van der Waals surface area contributed by atoms with E-state index in [2.05, 4.69) is 20.3 Å². The first kappa shape index (κ1) is 9.26. The van der Waals surface area contributed by atoms with Crippen molar-refractivity contribution in [3.8, 4) is 0 Å². The number of carbonyl (C=O) groups excluding carboxylic acids is 1. The molecular formula is C10H8N4O. The van der Waals surface area contributed by atoms with Crippen molar-refractivity contribution in [1.29, 1.82) is 0 Å². The van der Waals surface area contributed by atoms with Crippen molar-refractivity contribution in [3.05, 3.63) is 48.7 Å². The monoisotopic (exact) mass is 200 g/mol. The van der Waals surface area contributed by atoms with Gasteiger partial charge in [-0.3, -0.25) is 4.79 Å². The number of hydrogen-bond acceptors (Lipinski definition) is 4. The highest BCUT2D eigenvalue weighted by molar-refractivity contribution is 6.03. The smallest absolute Gasteiger partial charge is 0.259 e. The Hall–Kier alpha value is -2.30. The molecule has 0 fully saturated rings. The van der Waals surface area contributed by atoms with Crippen molar-refractivity contribution in [1.82, 2.24) is 15.0 Å². The Balaban J connectivity index is 2.12. The van der Waals surface area contributed by atoms with E-state index in [1.165, 1.54) is 18.7 Å². The largest absolute Gasteiger partial charge is 0.306 e. The highest BCUT2D eigenvalue weighted by atomic mass is 16.1. The fourth-order valence-electron chi connectivity index (χ4n) is 1.04. The summed E-state index contributed by atoms with van der Waals surface area (Å²) in [6.07, 6.45) is 5.88. The summed E-state index contributed by atoms with van der Waals surface area (Å²) in [6.45, 7) is 0. The molecule has 0 atom stereocenters. The van der Waals surface area contributed by atoms with Gasteiger partial charge in [-0.25, -0.2) is 15.0 Å². The van der Waals surface area contributed by atoms with Gasteiger partial charge in [0.25, 0.3) is 5.91 Å². The Labute approximate surface area is 86.2 Å². The summed E-state index contributed by atoms with van der Waals surface area (Å²) in [5.74, 6) is 0.237. The average Bonchev–Trinajstić information content (AvgIpc) is 2.31. The summed E-state index contributed by atoms with van der Waals surface area (Å²) < 4.78 is 0. The van der Waals surface area contributed by atoms with E-state index < -0.39 is 0 Å². The van der Waals surface area contributed by atoms with Gasteiger partial charge in [0.05, 0.1) is 5.56 Å². The van der Waals surface area contributed by atoms with Gasteiger partial charge in [0.2, 0.25) is 0 Å². The van der Waals surface area contributed by atoms with Crippen LogP contribution in [-0.2, 0) is 0 Å². The lowest BCUT2D eigenvalue weighted by Gasteiger charge is -2.02. The predicted octanol–water partition coefficient (Wildman–Crippen LogP) is 1.12. The molecule has 0 aliphatic carbocycles. The van der Waals surface area contributed by atoms with Crippen LogP contribution in [0.3, 0.4) is 0 Å². The molecule has 0 aliphatic rings. The molecule has 5 nitrogen and oxygen atoms in total. The maximum absolute atomic E-state index is 11.6. The summed E-state index contributed by atoms with van der Waals surface area (Å²) in [5.41, 5.74) is 0.406. The maximum Gasteiger partial charge on any atom is 0.259 e. The normalized spacial score (nSPS) is 9.60. The number of hydrogen-bond donors (Lipinski definition) is 1. The predicted molar refractivity (Wildman–Crippen MR) is 54.2 cm³/mol. The molecule has 2 aromatic heterocycles. The molecule has 74 valence electrons. The molecule has 0 saturated heterocycles. The minimum Gasteiger partial charge on any atom is -0.306 e. The molecule has 0 unspecified atom stereocenters.